The zero-order valence-electron chi connectivity index (χ0n) is 5.66. The van der Waals surface area contributed by atoms with Crippen LogP contribution in [0.2, 0.25) is 0 Å². The second kappa shape index (κ2) is 1.94. The van der Waals surface area contributed by atoms with Gasteiger partial charge >= 0.3 is 0 Å². The van der Waals surface area contributed by atoms with E-state index in [1.54, 1.807) is 0 Å². The minimum Gasteiger partial charge on any atom is -0.387 e. The summed E-state index contributed by atoms with van der Waals surface area (Å²) in [5, 5.41) is 18.0. The number of aliphatic hydroxyl groups excluding tert-OH is 2. The standard InChI is InChI=1S/C6H12O3/c1-6(2)3-9-5(8)4(6)7/h4-5,7-8H,3H2,1-2H3. The summed E-state index contributed by atoms with van der Waals surface area (Å²) in [5.41, 5.74) is -0.292. The summed E-state index contributed by atoms with van der Waals surface area (Å²) in [5.74, 6) is 0. The lowest BCUT2D eigenvalue weighted by Gasteiger charge is -2.19. The van der Waals surface area contributed by atoms with Crippen molar-refractivity contribution in [1.29, 1.82) is 0 Å². The highest BCUT2D eigenvalue weighted by molar-refractivity contribution is 4.84. The van der Waals surface area contributed by atoms with Gasteiger partial charge in [-0.15, -0.1) is 0 Å². The highest BCUT2D eigenvalue weighted by Gasteiger charge is 2.40. The van der Waals surface area contributed by atoms with E-state index in [1.165, 1.54) is 0 Å². The van der Waals surface area contributed by atoms with Crippen molar-refractivity contribution in [3.05, 3.63) is 0 Å². The van der Waals surface area contributed by atoms with Gasteiger partial charge in [-0.2, -0.15) is 0 Å². The first-order valence-corrected chi connectivity index (χ1v) is 3.02. The molecule has 3 heteroatoms. The second-order valence-corrected chi connectivity index (χ2v) is 3.13. The summed E-state index contributed by atoms with van der Waals surface area (Å²) >= 11 is 0. The lowest BCUT2D eigenvalue weighted by molar-refractivity contribution is -0.111. The van der Waals surface area contributed by atoms with Crippen molar-refractivity contribution in [1.82, 2.24) is 0 Å². The van der Waals surface area contributed by atoms with E-state index in [0.29, 0.717) is 6.61 Å². The van der Waals surface area contributed by atoms with Gasteiger partial charge < -0.3 is 14.9 Å². The van der Waals surface area contributed by atoms with Gasteiger partial charge in [0.25, 0.3) is 0 Å². The maximum atomic E-state index is 9.15. The van der Waals surface area contributed by atoms with Gasteiger partial charge in [-0.1, -0.05) is 13.8 Å². The van der Waals surface area contributed by atoms with Crippen molar-refractivity contribution < 1.29 is 14.9 Å². The Hall–Kier alpha value is -0.120. The van der Waals surface area contributed by atoms with Crippen LogP contribution in [0.4, 0.5) is 0 Å². The highest BCUT2D eigenvalue weighted by Crippen LogP contribution is 2.30. The van der Waals surface area contributed by atoms with Crippen LogP contribution in [0, 0.1) is 5.41 Å². The third kappa shape index (κ3) is 1.08. The Balaban J connectivity index is 2.62. The molecule has 0 saturated carbocycles. The van der Waals surface area contributed by atoms with E-state index in [4.69, 9.17) is 14.9 Å². The molecule has 1 aliphatic heterocycles. The van der Waals surface area contributed by atoms with Gasteiger partial charge in [0.15, 0.2) is 6.29 Å². The molecule has 0 spiro atoms. The van der Waals surface area contributed by atoms with E-state index >= 15 is 0 Å². The first kappa shape index (κ1) is 6.99. The van der Waals surface area contributed by atoms with Crippen LogP contribution in [-0.4, -0.2) is 29.2 Å². The Labute approximate surface area is 54.3 Å². The van der Waals surface area contributed by atoms with Crippen molar-refractivity contribution in [3.8, 4) is 0 Å². The molecule has 0 radical (unpaired) electrons. The van der Waals surface area contributed by atoms with Crippen LogP contribution < -0.4 is 0 Å². The normalized spacial score (nSPS) is 41.3. The van der Waals surface area contributed by atoms with Gasteiger partial charge in [-0.3, -0.25) is 0 Å². The summed E-state index contributed by atoms with van der Waals surface area (Å²) in [6.45, 7) is 4.14. The van der Waals surface area contributed by atoms with Crippen LogP contribution in [0.1, 0.15) is 13.8 Å². The predicted octanol–water partition coefficient (Wildman–Crippen LogP) is -0.278. The minimum atomic E-state index is -0.986. The maximum Gasteiger partial charge on any atom is 0.181 e. The average Bonchev–Trinajstić information content (AvgIpc) is 1.97. The molecule has 0 amide bonds. The van der Waals surface area contributed by atoms with Crippen LogP contribution in [0.5, 0.6) is 0 Å². The quantitative estimate of drug-likeness (QED) is 0.476. The van der Waals surface area contributed by atoms with E-state index in [0.717, 1.165) is 0 Å². The molecule has 1 fully saturated rings. The number of hydrogen-bond donors (Lipinski definition) is 2. The zero-order valence-corrected chi connectivity index (χ0v) is 5.66. The highest BCUT2D eigenvalue weighted by atomic mass is 16.6. The Morgan fingerprint density at radius 1 is 1.44 bits per heavy atom. The summed E-state index contributed by atoms with van der Waals surface area (Å²) in [4.78, 5) is 0. The fourth-order valence-electron chi connectivity index (χ4n) is 0.863. The number of ether oxygens (including phenoxy) is 1. The summed E-state index contributed by atoms with van der Waals surface area (Å²) in [7, 11) is 0. The molecule has 1 rings (SSSR count). The molecule has 1 saturated heterocycles. The Morgan fingerprint density at radius 3 is 2.11 bits per heavy atom. The van der Waals surface area contributed by atoms with Crippen molar-refractivity contribution in [3.63, 3.8) is 0 Å². The smallest absolute Gasteiger partial charge is 0.181 e. The number of rotatable bonds is 0. The van der Waals surface area contributed by atoms with E-state index in [2.05, 4.69) is 0 Å². The van der Waals surface area contributed by atoms with Crippen molar-refractivity contribution in [2.75, 3.05) is 6.61 Å². The molecule has 0 aromatic heterocycles. The molecule has 1 aliphatic rings. The summed E-state index contributed by atoms with van der Waals surface area (Å²) in [6, 6.07) is 0. The molecule has 0 bridgehead atoms. The number of aliphatic hydroxyl groups is 2. The van der Waals surface area contributed by atoms with Crippen molar-refractivity contribution in [2.24, 2.45) is 5.41 Å². The summed E-state index contributed by atoms with van der Waals surface area (Å²) in [6.07, 6.45) is -1.72. The minimum absolute atomic E-state index is 0.292. The number of hydrogen-bond acceptors (Lipinski definition) is 3. The molecule has 2 N–H and O–H groups in total. The van der Waals surface area contributed by atoms with Gasteiger partial charge in [0.1, 0.15) is 6.10 Å². The lowest BCUT2D eigenvalue weighted by Crippen LogP contribution is -2.31. The first-order valence-electron chi connectivity index (χ1n) is 3.02. The first-order chi connectivity index (χ1) is 4.04. The van der Waals surface area contributed by atoms with Crippen LogP contribution >= 0.6 is 0 Å². The molecule has 0 aromatic carbocycles. The molecule has 2 atom stereocenters. The molecule has 0 aromatic rings. The Kier molecular flexibility index (Phi) is 1.50. The van der Waals surface area contributed by atoms with E-state index < -0.39 is 12.4 Å². The van der Waals surface area contributed by atoms with Crippen molar-refractivity contribution >= 4 is 0 Å². The molecule has 54 valence electrons. The van der Waals surface area contributed by atoms with Gasteiger partial charge in [0, 0.05) is 5.41 Å². The van der Waals surface area contributed by atoms with Crippen LogP contribution in [0.3, 0.4) is 0 Å². The van der Waals surface area contributed by atoms with Gasteiger partial charge in [-0.25, -0.2) is 0 Å². The monoisotopic (exact) mass is 132 g/mol. The lowest BCUT2D eigenvalue weighted by atomic mass is 9.90. The molecule has 1 heterocycles. The van der Waals surface area contributed by atoms with Crippen LogP contribution in [-0.2, 0) is 4.74 Å². The predicted molar refractivity (Wildman–Crippen MR) is 31.7 cm³/mol. The third-order valence-corrected chi connectivity index (χ3v) is 1.70. The van der Waals surface area contributed by atoms with Crippen molar-refractivity contribution in [2.45, 2.75) is 26.2 Å². The maximum absolute atomic E-state index is 9.15. The second-order valence-electron chi connectivity index (χ2n) is 3.13. The fraction of sp³-hybridized carbons (Fsp3) is 1.00. The molecule has 0 aliphatic carbocycles. The van der Waals surface area contributed by atoms with E-state index in [-0.39, 0.29) is 5.41 Å². The van der Waals surface area contributed by atoms with Crippen LogP contribution in [0.25, 0.3) is 0 Å². The molecule has 2 unspecified atom stereocenters. The SMILES string of the molecule is CC1(C)COC(O)C1O. The van der Waals surface area contributed by atoms with E-state index in [9.17, 15) is 0 Å². The van der Waals surface area contributed by atoms with Crippen LogP contribution in [0.15, 0.2) is 0 Å². The molecular formula is C6H12O3. The zero-order chi connectivity index (χ0) is 7.07. The molecular weight excluding hydrogens is 120 g/mol. The average molecular weight is 132 g/mol. The Morgan fingerprint density at radius 2 is 2.00 bits per heavy atom. The van der Waals surface area contributed by atoms with E-state index in [1.807, 2.05) is 13.8 Å². The van der Waals surface area contributed by atoms with Gasteiger partial charge in [-0.05, 0) is 0 Å². The summed E-state index contributed by atoms with van der Waals surface area (Å²) < 4.78 is 4.79. The topological polar surface area (TPSA) is 49.7 Å². The largest absolute Gasteiger partial charge is 0.387 e. The fourth-order valence-corrected chi connectivity index (χ4v) is 0.863. The van der Waals surface area contributed by atoms with Gasteiger partial charge in [0.2, 0.25) is 0 Å². The molecule has 3 nitrogen and oxygen atoms in total. The molecule has 9 heavy (non-hydrogen) atoms. The Bertz CT molecular complexity index is 111. The van der Waals surface area contributed by atoms with Gasteiger partial charge in [0.05, 0.1) is 6.61 Å². The third-order valence-electron chi connectivity index (χ3n) is 1.70.